The van der Waals surface area contributed by atoms with Gasteiger partial charge < -0.3 is 9.80 Å². The zero-order valence-corrected chi connectivity index (χ0v) is 15.2. The molecule has 0 amide bonds. The molecule has 24 heavy (non-hydrogen) atoms. The van der Waals surface area contributed by atoms with Gasteiger partial charge in [0.15, 0.2) is 0 Å². The van der Waals surface area contributed by atoms with Crippen molar-refractivity contribution in [3.8, 4) is 0 Å². The number of anilines is 2. The van der Waals surface area contributed by atoms with Crippen LogP contribution in [0.25, 0.3) is 10.2 Å². The molecule has 0 bridgehead atoms. The molecule has 2 aromatic heterocycles. The van der Waals surface area contributed by atoms with Crippen LogP contribution in [0.15, 0.2) is 36.7 Å². The molecule has 1 aliphatic heterocycles. The first-order valence-corrected chi connectivity index (χ1v) is 9.23. The lowest BCUT2D eigenvalue weighted by atomic mass is 10.1. The third kappa shape index (κ3) is 2.73. The van der Waals surface area contributed by atoms with Crippen molar-refractivity contribution < 1.29 is 0 Å². The molecule has 1 aromatic carbocycles. The van der Waals surface area contributed by atoms with Gasteiger partial charge in [0.1, 0.15) is 17.0 Å². The van der Waals surface area contributed by atoms with Crippen LogP contribution in [-0.2, 0) is 0 Å². The van der Waals surface area contributed by atoms with Crippen LogP contribution in [0.3, 0.4) is 0 Å². The first kappa shape index (κ1) is 15.4. The first-order valence-electron chi connectivity index (χ1n) is 8.41. The topological polar surface area (TPSA) is 32.3 Å². The van der Waals surface area contributed by atoms with Gasteiger partial charge >= 0.3 is 0 Å². The zero-order chi connectivity index (χ0) is 16.7. The Balaban J connectivity index is 1.58. The molecule has 4 rings (SSSR count). The van der Waals surface area contributed by atoms with Crippen LogP contribution in [0.4, 0.5) is 11.5 Å². The fraction of sp³-hybridized carbons (Fsp3) is 0.368. The number of nitrogens with zero attached hydrogens (tertiary/aromatic N) is 4. The van der Waals surface area contributed by atoms with Crippen molar-refractivity contribution in [2.24, 2.45) is 0 Å². The van der Waals surface area contributed by atoms with Gasteiger partial charge in [-0.25, -0.2) is 9.97 Å². The number of rotatable bonds is 2. The smallest absolute Gasteiger partial charge is 0.140 e. The molecule has 0 saturated carbocycles. The van der Waals surface area contributed by atoms with Crippen molar-refractivity contribution in [1.82, 2.24) is 9.97 Å². The quantitative estimate of drug-likeness (QED) is 0.706. The molecule has 3 aromatic rings. The van der Waals surface area contributed by atoms with Crippen molar-refractivity contribution in [1.29, 1.82) is 0 Å². The van der Waals surface area contributed by atoms with Gasteiger partial charge in [0, 0.05) is 36.2 Å². The van der Waals surface area contributed by atoms with Crippen molar-refractivity contribution in [3.05, 3.63) is 47.1 Å². The van der Waals surface area contributed by atoms with Crippen LogP contribution in [0.2, 0.25) is 0 Å². The summed E-state index contributed by atoms with van der Waals surface area (Å²) in [5, 5.41) is 1.19. The van der Waals surface area contributed by atoms with Gasteiger partial charge in [-0.2, -0.15) is 0 Å². The van der Waals surface area contributed by atoms with Crippen LogP contribution < -0.4 is 9.80 Å². The maximum absolute atomic E-state index is 4.59. The molecule has 0 radical (unpaired) electrons. The Morgan fingerprint density at radius 2 is 1.88 bits per heavy atom. The van der Waals surface area contributed by atoms with Crippen molar-refractivity contribution in [2.45, 2.75) is 26.8 Å². The molecule has 124 valence electrons. The fourth-order valence-electron chi connectivity index (χ4n) is 3.49. The maximum atomic E-state index is 4.59. The SMILES string of the molecule is Cc1ccc(N2CCN(c3ncnc4sc(C)cc34)CC2C)cc1. The standard InChI is InChI=1S/C19H22N4S/c1-13-4-6-16(7-5-13)23-9-8-22(11-14(23)2)18-17-10-15(3)24-19(17)21-12-20-18/h4-7,10,12,14H,8-9,11H2,1-3H3. The van der Waals surface area contributed by atoms with Crippen LogP contribution in [0, 0.1) is 13.8 Å². The number of aromatic nitrogens is 2. The normalized spacial score (nSPS) is 18.4. The molecule has 3 heterocycles. The molecule has 1 aliphatic rings. The minimum Gasteiger partial charge on any atom is -0.365 e. The highest BCUT2D eigenvalue weighted by Gasteiger charge is 2.26. The summed E-state index contributed by atoms with van der Waals surface area (Å²) in [5.41, 5.74) is 2.62. The van der Waals surface area contributed by atoms with E-state index in [1.54, 1.807) is 17.7 Å². The molecule has 1 atom stereocenters. The molecular weight excluding hydrogens is 316 g/mol. The third-order valence-corrected chi connectivity index (χ3v) is 5.68. The average molecular weight is 338 g/mol. The largest absolute Gasteiger partial charge is 0.365 e. The van der Waals surface area contributed by atoms with E-state index in [1.807, 2.05) is 0 Å². The molecule has 5 heteroatoms. The van der Waals surface area contributed by atoms with E-state index in [0.717, 1.165) is 30.3 Å². The monoisotopic (exact) mass is 338 g/mol. The Bertz CT molecular complexity index is 855. The van der Waals surface area contributed by atoms with Gasteiger partial charge in [0.05, 0.1) is 5.39 Å². The second kappa shape index (κ2) is 6.06. The zero-order valence-electron chi connectivity index (χ0n) is 14.4. The molecular formula is C19H22N4S. The predicted octanol–water partition coefficient (Wildman–Crippen LogP) is 4.02. The molecule has 0 aliphatic carbocycles. The lowest BCUT2D eigenvalue weighted by molar-refractivity contribution is 0.548. The van der Waals surface area contributed by atoms with Crippen LogP contribution in [-0.4, -0.2) is 35.6 Å². The number of aryl methyl sites for hydroxylation is 2. The van der Waals surface area contributed by atoms with E-state index in [9.17, 15) is 0 Å². The van der Waals surface area contributed by atoms with Crippen molar-refractivity contribution >= 4 is 33.1 Å². The van der Waals surface area contributed by atoms with E-state index in [1.165, 1.54) is 21.5 Å². The number of piperazine rings is 1. The molecule has 4 nitrogen and oxygen atoms in total. The van der Waals surface area contributed by atoms with Crippen LogP contribution >= 0.6 is 11.3 Å². The lowest BCUT2D eigenvalue weighted by Crippen LogP contribution is -2.52. The van der Waals surface area contributed by atoms with Gasteiger partial charge in [-0.3, -0.25) is 0 Å². The summed E-state index contributed by atoms with van der Waals surface area (Å²) in [6.07, 6.45) is 1.70. The molecule has 1 unspecified atom stereocenters. The average Bonchev–Trinajstić information content (AvgIpc) is 2.96. The summed E-state index contributed by atoms with van der Waals surface area (Å²) in [6.45, 7) is 9.54. The van der Waals surface area contributed by atoms with E-state index in [0.29, 0.717) is 6.04 Å². The Morgan fingerprint density at radius 1 is 1.08 bits per heavy atom. The number of benzene rings is 1. The van der Waals surface area contributed by atoms with E-state index in [2.05, 4.69) is 70.9 Å². The molecule has 1 saturated heterocycles. The Kier molecular flexibility index (Phi) is 3.88. The first-order chi connectivity index (χ1) is 11.6. The van der Waals surface area contributed by atoms with E-state index in [4.69, 9.17) is 0 Å². The summed E-state index contributed by atoms with van der Waals surface area (Å²) in [7, 11) is 0. The number of hydrogen-bond donors (Lipinski definition) is 0. The summed E-state index contributed by atoms with van der Waals surface area (Å²) in [6, 6.07) is 11.5. The number of thiophene rings is 1. The highest BCUT2D eigenvalue weighted by molar-refractivity contribution is 7.18. The highest BCUT2D eigenvalue weighted by atomic mass is 32.1. The highest BCUT2D eigenvalue weighted by Crippen LogP contribution is 2.31. The van der Waals surface area contributed by atoms with E-state index >= 15 is 0 Å². The minimum absolute atomic E-state index is 0.450. The summed E-state index contributed by atoms with van der Waals surface area (Å²) in [4.78, 5) is 16.3. The van der Waals surface area contributed by atoms with E-state index < -0.39 is 0 Å². The molecule has 1 fully saturated rings. The summed E-state index contributed by atoms with van der Waals surface area (Å²) in [5.74, 6) is 1.08. The van der Waals surface area contributed by atoms with Gasteiger partial charge in [-0.05, 0) is 39.0 Å². The second-order valence-corrected chi connectivity index (χ2v) is 7.83. The van der Waals surface area contributed by atoms with Gasteiger partial charge in [0.2, 0.25) is 0 Å². The second-order valence-electron chi connectivity index (χ2n) is 6.60. The summed E-state index contributed by atoms with van der Waals surface area (Å²) < 4.78 is 0. The predicted molar refractivity (Wildman–Crippen MR) is 102 cm³/mol. The maximum Gasteiger partial charge on any atom is 0.140 e. The number of hydrogen-bond acceptors (Lipinski definition) is 5. The van der Waals surface area contributed by atoms with Crippen LogP contribution in [0.1, 0.15) is 17.4 Å². The minimum atomic E-state index is 0.450. The number of fused-ring (bicyclic) bond motifs is 1. The molecule has 0 spiro atoms. The summed E-state index contributed by atoms with van der Waals surface area (Å²) >= 11 is 1.74. The van der Waals surface area contributed by atoms with Gasteiger partial charge in [-0.15, -0.1) is 11.3 Å². The Labute approximate surface area is 146 Å². The molecule has 0 N–H and O–H groups in total. The fourth-order valence-corrected chi connectivity index (χ4v) is 4.33. The van der Waals surface area contributed by atoms with Crippen LogP contribution in [0.5, 0.6) is 0 Å². The lowest BCUT2D eigenvalue weighted by Gasteiger charge is -2.42. The van der Waals surface area contributed by atoms with E-state index in [-0.39, 0.29) is 0 Å². The van der Waals surface area contributed by atoms with Gasteiger partial charge in [0.25, 0.3) is 0 Å². The Morgan fingerprint density at radius 3 is 2.62 bits per heavy atom. The van der Waals surface area contributed by atoms with Crippen molar-refractivity contribution in [3.63, 3.8) is 0 Å². The van der Waals surface area contributed by atoms with Crippen molar-refractivity contribution in [2.75, 3.05) is 29.4 Å². The van der Waals surface area contributed by atoms with Gasteiger partial charge in [-0.1, -0.05) is 17.7 Å². The third-order valence-electron chi connectivity index (χ3n) is 4.72. The Hall–Kier alpha value is -2.14.